The van der Waals surface area contributed by atoms with E-state index < -0.39 is 0 Å². The first-order valence-electron chi connectivity index (χ1n) is 7.12. The summed E-state index contributed by atoms with van der Waals surface area (Å²) in [6.45, 7) is 6.48. The predicted octanol–water partition coefficient (Wildman–Crippen LogP) is 1.86. The standard InChI is InChI=1S/C14H27NO3/c1-4-12(13(17)18-5-2)15-14(10-16)8-6-7-11(3)9-14/h11-12,15-16H,4-10H2,1-3H3. The summed E-state index contributed by atoms with van der Waals surface area (Å²) in [7, 11) is 0. The van der Waals surface area contributed by atoms with E-state index >= 15 is 0 Å². The molecule has 0 radical (unpaired) electrons. The summed E-state index contributed by atoms with van der Waals surface area (Å²) in [5.74, 6) is 0.393. The molecule has 0 aromatic heterocycles. The molecule has 1 aliphatic carbocycles. The second-order valence-corrected chi connectivity index (χ2v) is 5.50. The molecule has 1 fully saturated rings. The minimum atomic E-state index is -0.303. The van der Waals surface area contributed by atoms with Gasteiger partial charge in [-0.05, 0) is 32.1 Å². The van der Waals surface area contributed by atoms with Crippen LogP contribution < -0.4 is 5.32 Å². The van der Waals surface area contributed by atoms with Gasteiger partial charge >= 0.3 is 5.97 Å². The van der Waals surface area contributed by atoms with Crippen molar-refractivity contribution in [3.05, 3.63) is 0 Å². The van der Waals surface area contributed by atoms with Crippen LogP contribution in [0, 0.1) is 5.92 Å². The van der Waals surface area contributed by atoms with Gasteiger partial charge in [-0.3, -0.25) is 10.1 Å². The maximum absolute atomic E-state index is 11.8. The average Bonchev–Trinajstić information content (AvgIpc) is 2.36. The highest BCUT2D eigenvalue weighted by Crippen LogP contribution is 2.32. The number of carbonyl (C=O) groups excluding carboxylic acids is 1. The quantitative estimate of drug-likeness (QED) is 0.713. The molecule has 4 nitrogen and oxygen atoms in total. The summed E-state index contributed by atoms with van der Waals surface area (Å²) in [6, 6.07) is -0.303. The van der Waals surface area contributed by atoms with E-state index in [9.17, 15) is 9.90 Å². The van der Waals surface area contributed by atoms with E-state index in [1.807, 2.05) is 13.8 Å². The fourth-order valence-corrected chi connectivity index (χ4v) is 2.92. The van der Waals surface area contributed by atoms with Crippen LogP contribution in [-0.4, -0.2) is 35.9 Å². The van der Waals surface area contributed by atoms with E-state index in [0.29, 0.717) is 18.9 Å². The fraction of sp³-hybridized carbons (Fsp3) is 0.929. The summed E-state index contributed by atoms with van der Waals surface area (Å²) < 4.78 is 5.07. The molecule has 3 unspecified atom stereocenters. The molecular formula is C14H27NO3. The van der Waals surface area contributed by atoms with Gasteiger partial charge < -0.3 is 9.84 Å². The molecular weight excluding hydrogens is 230 g/mol. The van der Waals surface area contributed by atoms with Gasteiger partial charge in [-0.2, -0.15) is 0 Å². The van der Waals surface area contributed by atoms with E-state index in [0.717, 1.165) is 19.3 Å². The number of aliphatic hydroxyl groups excluding tert-OH is 1. The predicted molar refractivity (Wildman–Crippen MR) is 71.3 cm³/mol. The van der Waals surface area contributed by atoms with E-state index in [2.05, 4.69) is 12.2 Å². The molecule has 0 amide bonds. The van der Waals surface area contributed by atoms with Gasteiger partial charge in [0.25, 0.3) is 0 Å². The lowest BCUT2D eigenvalue weighted by atomic mass is 9.76. The van der Waals surface area contributed by atoms with Crippen LogP contribution in [0.3, 0.4) is 0 Å². The first-order valence-corrected chi connectivity index (χ1v) is 7.12. The third-order valence-electron chi connectivity index (χ3n) is 3.85. The lowest BCUT2D eigenvalue weighted by Gasteiger charge is -2.41. The van der Waals surface area contributed by atoms with Gasteiger partial charge in [0.2, 0.25) is 0 Å². The van der Waals surface area contributed by atoms with E-state index in [4.69, 9.17) is 4.74 Å². The number of aliphatic hydroxyl groups is 1. The van der Waals surface area contributed by atoms with Crippen molar-refractivity contribution in [2.45, 2.75) is 64.5 Å². The lowest BCUT2D eigenvalue weighted by Crippen LogP contribution is -2.57. The summed E-state index contributed by atoms with van der Waals surface area (Å²) in [5, 5.41) is 13.1. The SMILES string of the molecule is CCOC(=O)C(CC)NC1(CO)CCCC(C)C1. The monoisotopic (exact) mass is 257 g/mol. The summed E-state index contributed by atoms with van der Waals surface area (Å²) in [5.41, 5.74) is -0.300. The highest BCUT2D eigenvalue weighted by atomic mass is 16.5. The van der Waals surface area contributed by atoms with Crippen LogP contribution in [-0.2, 0) is 9.53 Å². The second-order valence-electron chi connectivity index (χ2n) is 5.50. The minimum absolute atomic E-state index is 0.0905. The third kappa shape index (κ3) is 3.95. The zero-order valence-corrected chi connectivity index (χ0v) is 11.9. The molecule has 0 heterocycles. The van der Waals surface area contributed by atoms with Gasteiger partial charge in [0.1, 0.15) is 6.04 Å². The molecule has 18 heavy (non-hydrogen) atoms. The largest absolute Gasteiger partial charge is 0.465 e. The van der Waals surface area contributed by atoms with E-state index in [1.165, 1.54) is 6.42 Å². The lowest BCUT2D eigenvalue weighted by molar-refractivity contribution is -0.146. The zero-order chi connectivity index (χ0) is 13.6. The number of esters is 1. The number of carbonyl (C=O) groups is 1. The molecule has 106 valence electrons. The number of hydrogen-bond acceptors (Lipinski definition) is 4. The van der Waals surface area contributed by atoms with Crippen molar-refractivity contribution in [1.29, 1.82) is 0 Å². The normalized spacial score (nSPS) is 29.9. The van der Waals surface area contributed by atoms with Crippen LogP contribution in [0.15, 0.2) is 0 Å². The van der Waals surface area contributed by atoms with E-state index in [1.54, 1.807) is 0 Å². The molecule has 0 aromatic carbocycles. The van der Waals surface area contributed by atoms with Crippen molar-refractivity contribution in [1.82, 2.24) is 5.32 Å². The molecule has 0 spiro atoms. The van der Waals surface area contributed by atoms with Crippen LogP contribution in [0.1, 0.15) is 52.9 Å². The van der Waals surface area contributed by atoms with Crippen molar-refractivity contribution in [2.75, 3.05) is 13.2 Å². The zero-order valence-electron chi connectivity index (χ0n) is 11.9. The topological polar surface area (TPSA) is 58.6 Å². The molecule has 0 saturated heterocycles. The number of rotatable bonds is 6. The second kappa shape index (κ2) is 7.10. The molecule has 3 atom stereocenters. The van der Waals surface area contributed by atoms with Gasteiger partial charge in [-0.25, -0.2) is 0 Å². The Morgan fingerprint density at radius 1 is 1.56 bits per heavy atom. The fourth-order valence-electron chi connectivity index (χ4n) is 2.92. The van der Waals surface area contributed by atoms with Crippen LogP contribution in [0.4, 0.5) is 0 Å². The Morgan fingerprint density at radius 3 is 2.78 bits per heavy atom. The number of hydrogen-bond donors (Lipinski definition) is 2. The highest BCUT2D eigenvalue weighted by Gasteiger charge is 2.37. The molecule has 1 aliphatic rings. The Balaban J connectivity index is 2.67. The molecule has 4 heteroatoms. The van der Waals surface area contributed by atoms with Crippen molar-refractivity contribution in [3.8, 4) is 0 Å². The Hall–Kier alpha value is -0.610. The smallest absolute Gasteiger partial charge is 0.323 e. The third-order valence-corrected chi connectivity index (χ3v) is 3.85. The summed E-state index contributed by atoms with van der Waals surface area (Å²) in [6.07, 6.45) is 4.87. The maximum atomic E-state index is 11.8. The van der Waals surface area contributed by atoms with Gasteiger partial charge in [-0.1, -0.05) is 26.7 Å². The van der Waals surface area contributed by atoms with Crippen LogP contribution in [0.5, 0.6) is 0 Å². The van der Waals surface area contributed by atoms with Crippen molar-refractivity contribution in [2.24, 2.45) is 5.92 Å². The van der Waals surface area contributed by atoms with Gasteiger partial charge in [0, 0.05) is 5.54 Å². The molecule has 0 aromatic rings. The van der Waals surface area contributed by atoms with Gasteiger partial charge in [-0.15, -0.1) is 0 Å². The number of ether oxygens (including phenoxy) is 1. The minimum Gasteiger partial charge on any atom is -0.465 e. The van der Waals surface area contributed by atoms with Crippen molar-refractivity contribution < 1.29 is 14.6 Å². The molecule has 1 rings (SSSR count). The van der Waals surface area contributed by atoms with E-state index in [-0.39, 0.29) is 24.2 Å². The van der Waals surface area contributed by atoms with Gasteiger partial charge in [0.15, 0.2) is 0 Å². The summed E-state index contributed by atoms with van der Waals surface area (Å²) in [4.78, 5) is 11.8. The highest BCUT2D eigenvalue weighted by molar-refractivity contribution is 5.75. The molecule has 1 saturated carbocycles. The average molecular weight is 257 g/mol. The Bertz CT molecular complexity index is 270. The molecule has 2 N–H and O–H groups in total. The Morgan fingerprint density at radius 2 is 2.28 bits per heavy atom. The molecule has 0 aliphatic heterocycles. The Kier molecular flexibility index (Phi) is 6.09. The first kappa shape index (κ1) is 15.4. The van der Waals surface area contributed by atoms with Crippen LogP contribution in [0.2, 0.25) is 0 Å². The van der Waals surface area contributed by atoms with Gasteiger partial charge in [0.05, 0.1) is 13.2 Å². The maximum Gasteiger partial charge on any atom is 0.323 e. The summed E-state index contributed by atoms with van der Waals surface area (Å²) >= 11 is 0. The van der Waals surface area contributed by atoms with Crippen molar-refractivity contribution >= 4 is 5.97 Å². The Labute approximate surface area is 110 Å². The number of nitrogens with one attached hydrogen (secondary N) is 1. The molecule has 0 bridgehead atoms. The van der Waals surface area contributed by atoms with Crippen LogP contribution >= 0.6 is 0 Å². The van der Waals surface area contributed by atoms with Crippen molar-refractivity contribution in [3.63, 3.8) is 0 Å². The van der Waals surface area contributed by atoms with Crippen LogP contribution in [0.25, 0.3) is 0 Å². The first-order chi connectivity index (χ1) is 8.56.